The van der Waals surface area contributed by atoms with E-state index in [2.05, 4.69) is 4.98 Å². The van der Waals surface area contributed by atoms with Gasteiger partial charge in [-0.25, -0.2) is 18.4 Å². The van der Waals surface area contributed by atoms with Crippen molar-refractivity contribution >= 4 is 35.0 Å². The van der Waals surface area contributed by atoms with Crippen LogP contribution in [0.2, 0.25) is 5.02 Å². The number of aryl methyl sites for hydroxylation is 1. The molecule has 4 amide bonds. The second-order valence-electron chi connectivity index (χ2n) is 7.29. The van der Waals surface area contributed by atoms with E-state index < -0.39 is 29.3 Å². The third kappa shape index (κ3) is 3.99. The maximum Gasteiger partial charge on any atom is 0.320 e. The van der Waals surface area contributed by atoms with Gasteiger partial charge in [-0.1, -0.05) is 11.6 Å². The summed E-state index contributed by atoms with van der Waals surface area (Å²) in [6.07, 6.45) is 0. The van der Waals surface area contributed by atoms with Crippen LogP contribution in [-0.4, -0.2) is 28.3 Å². The molecular formula is C21H17ClF2N6O4. The van der Waals surface area contributed by atoms with Gasteiger partial charge in [-0.2, -0.15) is 4.98 Å². The molecule has 0 saturated carbocycles. The molecule has 1 aliphatic heterocycles. The van der Waals surface area contributed by atoms with Crippen LogP contribution >= 0.6 is 11.6 Å². The average molecular weight is 491 g/mol. The number of primary amides is 2. The predicted octanol–water partition coefficient (Wildman–Crippen LogP) is 2.79. The summed E-state index contributed by atoms with van der Waals surface area (Å²) in [6.45, 7) is 0.998. The number of rotatable bonds is 4. The highest BCUT2D eigenvalue weighted by Crippen LogP contribution is 2.37. The zero-order valence-electron chi connectivity index (χ0n) is 17.6. The van der Waals surface area contributed by atoms with Crippen molar-refractivity contribution in [2.24, 2.45) is 11.5 Å². The SMILES string of the molecule is Cc1nc(OCc2ccc(F)cc2F)c(Cl)c(=O)n1-c1ccc2c(c1)N(C(N)=O)CN2C(N)=O. The lowest BCUT2D eigenvalue weighted by atomic mass is 10.2. The van der Waals surface area contributed by atoms with Crippen LogP contribution in [0.25, 0.3) is 5.69 Å². The molecule has 2 aromatic carbocycles. The Hall–Kier alpha value is -4.19. The van der Waals surface area contributed by atoms with Crippen molar-refractivity contribution in [2.75, 3.05) is 16.5 Å². The number of fused-ring (bicyclic) bond motifs is 1. The number of carbonyl (C=O) groups is 2. The van der Waals surface area contributed by atoms with Gasteiger partial charge in [0.1, 0.15) is 30.7 Å². The first-order chi connectivity index (χ1) is 16.1. The van der Waals surface area contributed by atoms with Gasteiger partial charge in [0, 0.05) is 11.6 Å². The summed E-state index contributed by atoms with van der Waals surface area (Å²) in [4.78, 5) is 43.0. The molecule has 0 unspecified atom stereocenters. The normalized spacial score (nSPS) is 12.6. The van der Waals surface area contributed by atoms with Crippen LogP contribution in [0.4, 0.5) is 29.7 Å². The molecule has 4 rings (SSSR count). The Morgan fingerprint density at radius 3 is 2.41 bits per heavy atom. The van der Waals surface area contributed by atoms with Crippen molar-refractivity contribution in [3.05, 3.63) is 74.8 Å². The number of anilines is 2. The topological polar surface area (TPSA) is 137 Å². The molecule has 176 valence electrons. The van der Waals surface area contributed by atoms with Gasteiger partial charge >= 0.3 is 12.1 Å². The van der Waals surface area contributed by atoms with E-state index in [1.165, 1.54) is 35.8 Å². The number of hydrogen-bond acceptors (Lipinski definition) is 5. The van der Waals surface area contributed by atoms with Crippen LogP contribution < -0.4 is 31.6 Å². The number of carbonyl (C=O) groups excluding carboxylic acids is 2. The first kappa shape index (κ1) is 23.0. The number of urea groups is 2. The van der Waals surface area contributed by atoms with E-state index in [0.717, 1.165) is 15.9 Å². The zero-order valence-corrected chi connectivity index (χ0v) is 18.3. The Morgan fingerprint density at radius 2 is 1.76 bits per heavy atom. The van der Waals surface area contributed by atoms with Gasteiger partial charge in [-0.15, -0.1) is 0 Å². The minimum atomic E-state index is -0.820. The molecule has 0 aliphatic carbocycles. The van der Waals surface area contributed by atoms with Crippen molar-refractivity contribution < 1.29 is 23.1 Å². The van der Waals surface area contributed by atoms with Crippen molar-refractivity contribution in [2.45, 2.75) is 13.5 Å². The number of hydrogen-bond donors (Lipinski definition) is 2. The Kier molecular flexibility index (Phi) is 5.83. The van der Waals surface area contributed by atoms with Gasteiger partial charge in [0.15, 0.2) is 5.02 Å². The lowest BCUT2D eigenvalue weighted by Crippen LogP contribution is -2.43. The standard InChI is InChI=1S/C21H17ClF2N6O4/c1-10-27-18(34-8-11-2-3-12(23)6-14(11)24)17(22)19(31)30(10)13-4-5-15-16(7-13)29(21(26)33)9-28(15)20(25)32/h2-7H,8-9H2,1H3,(H2,25,32)(H2,26,33). The fourth-order valence-corrected chi connectivity index (χ4v) is 3.71. The number of ether oxygens (including phenoxy) is 1. The number of aromatic nitrogens is 2. The lowest BCUT2D eigenvalue weighted by molar-refractivity contribution is 0.252. The summed E-state index contributed by atoms with van der Waals surface area (Å²) < 4.78 is 33.5. The van der Waals surface area contributed by atoms with E-state index >= 15 is 0 Å². The molecule has 34 heavy (non-hydrogen) atoms. The molecule has 13 heteroatoms. The number of nitrogens with two attached hydrogens (primary N) is 2. The molecule has 0 radical (unpaired) electrons. The van der Waals surface area contributed by atoms with Gasteiger partial charge in [-0.3, -0.25) is 19.2 Å². The summed E-state index contributed by atoms with van der Waals surface area (Å²) >= 11 is 6.18. The Labute approximate surface area is 195 Å². The number of benzene rings is 2. The van der Waals surface area contributed by atoms with Crippen LogP contribution in [0.3, 0.4) is 0 Å². The van der Waals surface area contributed by atoms with Crippen LogP contribution in [0.15, 0.2) is 41.2 Å². The zero-order chi connectivity index (χ0) is 24.7. The van der Waals surface area contributed by atoms with Gasteiger partial charge in [-0.05, 0) is 37.3 Å². The first-order valence-corrected chi connectivity index (χ1v) is 10.1. The maximum absolute atomic E-state index is 13.9. The molecular weight excluding hydrogens is 474 g/mol. The van der Waals surface area contributed by atoms with E-state index in [9.17, 15) is 23.2 Å². The smallest absolute Gasteiger partial charge is 0.320 e. The monoisotopic (exact) mass is 490 g/mol. The largest absolute Gasteiger partial charge is 0.471 e. The molecule has 0 saturated heterocycles. The molecule has 2 heterocycles. The highest BCUT2D eigenvalue weighted by Gasteiger charge is 2.32. The average Bonchev–Trinajstić information content (AvgIpc) is 3.16. The molecule has 0 fully saturated rings. The summed E-state index contributed by atoms with van der Waals surface area (Å²) in [5.74, 6) is -1.62. The second kappa shape index (κ2) is 8.63. The summed E-state index contributed by atoms with van der Waals surface area (Å²) in [5, 5.41) is -0.376. The summed E-state index contributed by atoms with van der Waals surface area (Å²) in [5.41, 5.74) is 11.0. The highest BCUT2D eigenvalue weighted by atomic mass is 35.5. The maximum atomic E-state index is 13.9. The summed E-state index contributed by atoms with van der Waals surface area (Å²) in [6, 6.07) is 5.86. The second-order valence-corrected chi connectivity index (χ2v) is 7.67. The fraction of sp³-hybridized carbons (Fsp3) is 0.143. The lowest BCUT2D eigenvalue weighted by Gasteiger charge is -2.16. The molecule has 0 atom stereocenters. The molecule has 0 spiro atoms. The van der Waals surface area contributed by atoms with E-state index in [1.807, 2.05) is 0 Å². The van der Waals surface area contributed by atoms with Gasteiger partial charge in [0.25, 0.3) is 5.56 Å². The first-order valence-electron chi connectivity index (χ1n) is 9.72. The highest BCUT2D eigenvalue weighted by molar-refractivity contribution is 6.31. The number of halogens is 3. The van der Waals surface area contributed by atoms with Crippen LogP contribution in [-0.2, 0) is 6.61 Å². The van der Waals surface area contributed by atoms with Gasteiger partial charge in [0.05, 0.1) is 17.1 Å². The molecule has 0 bridgehead atoms. The van der Waals surface area contributed by atoms with Crippen molar-refractivity contribution in [1.29, 1.82) is 0 Å². The van der Waals surface area contributed by atoms with Crippen molar-refractivity contribution in [1.82, 2.24) is 9.55 Å². The fourth-order valence-electron chi connectivity index (χ4n) is 3.53. The van der Waals surface area contributed by atoms with Crippen LogP contribution in [0.1, 0.15) is 11.4 Å². The van der Waals surface area contributed by atoms with E-state index in [0.29, 0.717) is 11.8 Å². The molecule has 1 aromatic heterocycles. The third-order valence-corrected chi connectivity index (χ3v) is 5.48. The number of amides is 4. The Bertz CT molecular complexity index is 1400. The summed E-state index contributed by atoms with van der Waals surface area (Å²) in [7, 11) is 0. The molecule has 10 nitrogen and oxygen atoms in total. The Morgan fingerprint density at radius 1 is 1.09 bits per heavy atom. The van der Waals surface area contributed by atoms with E-state index in [4.69, 9.17) is 27.8 Å². The molecule has 3 aromatic rings. The van der Waals surface area contributed by atoms with Gasteiger partial charge < -0.3 is 16.2 Å². The molecule has 1 aliphatic rings. The predicted molar refractivity (Wildman–Crippen MR) is 119 cm³/mol. The quantitative estimate of drug-likeness (QED) is 0.579. The van der Waals surface area contributed by atoms with Gasteiger partial charge in [0.2, 0.25) is 5.88 Å². The Balaban J connectivity index is 1.70. The minimum Gasteiger partial charge on any atom is -0.471 e. The minimum absolute atomic E-state index is 0.0465. The van der Waals surface area contributed by atoms with Crippen LogP contribution in [0.5, 0.6) is 5.88 Å². The van der Waals surface area contributed by atoms with E-state index in [1.54, 1.807) is 0 Å². The third-order valence-electron chi connectivity index (χ3n) is 5.16. The molecule has 4 N–H and O–H groups in total. The van der Waals surface area contributed by atoms with Crippen LogP contribution in [0, 0.1) is 18.6 Å². The van der Waals surface area contributed by atoms with Crippen molar-refractivity contribution in [3.63, 3.8) is 0 Å². The van der Waals surface area contributed by atoms with E-state index in [-0.39, 0.29) is 46.9 Å². The van der Waals surface area contributed by atoms with Crippen molar-refractivity contribution in [3.8, 4) is 11.6 Å². The number of nitrogens with zero attached hydrogens (tertiary/aromatic N) is 4.